The molecule has 0 aliphatic rings. The lowest BCUT2D eigenvalue weighted by atomic mass is 10.2. The number of hydrogen-bond donors (Lipinski definition) is 1. The Balaban J connectivity index is 2.33. The number of carbonyl (C=O) groups is 2. The molecule has 0 saturated carbocycles. The molecule has 0 heterocycles. The third-order valence-corrected chi connectivity index (χ3v) is 2.21. The van der Waals surface area contributed by atoms with Crippen molar-refractivity contribution in [1.29, 1.82) is 0 Å². The minimum atomic E-state index is -0.745. The van der Waals surface area contributed by atoms with Crippen molar-refractivity contribution in [2.45, 2.75) is 19.6 Å². The zero-order valence-corrected chi connectivity index (χ0v) is 9.53. The van der Waals surface area contributed by atoms with Crippen molar-refractivity contribution in [3.05, 3.63) is 35.9 Å². The Morgan fingerprint density at radius 1 is 1.38 bits per heavy atom. The maximum Gasteiger partial charge on any atom is 0.408 e. The largest absolute Gasteiger partial charge is 0.445 e. The van der Waals surface area contributed by atoms with E-state index >= 15 is 0 Å². The lowest BCUT2D eigenvalue weighted by Gasteiger charge is -2.09. The molecule has 1 amide bonds. The Morgan fingerprint density at radius 2 is 2.00 bits per heavy atom. The van der Waals surface area contributed by atoms with Gasteiger partial charge in [-0.1, -0.05) is 30.3 Å². The first-order valence-corrected chi connectivity index (χ1v) is 5.14. The summed E-state index contributed by atoms with van der Waals surface area (Å²) in [6, 6.07) is 8.50. The summed E-state index contributed by atoms with van der Waals surface area (Å²) in [5, 5.41) is 1.68. The normalized spacial score (nSPS) is 11.6. The van der Waals surface area contributed by atoms with Crippen LogP contribution in [-0.4, -0.2) is 17.4 Å². The van der Waals surface area contributed by atoms with Gasteiger partial charge < -0.3 is 10.1 Å². The Labute approximate surface area is 98.5 Å². The van der Waals surface area contributed by atoms with Gasteiger partial charge in [0.25, 0.3) is 0 Å². The molecule has 0 spiro atoms. The van der Waals surface area contributed by atoms with Crippen molar-refractivity contribution in [3.8, 4) is 0 Å². The highest BCUT2D eigenvalue weighted by atomic mass is 35.5. The molecular weight excluding hydrogens is 230 g/mol. The van der Waals surface area contributed by atoms with Gasteiger partial charge in [0.1, 0.15) is 12.6 Å². The molecule has 1 rings (SSSR count). The van der Waals surface area contributed by atoms with Gasteiger partial charge in [0.15, 0.2) is 0 Å². The van der Waals surface area contributed by atoms with Crippen LogP contribution >= 0.6 is 11.6 Å². The first-order chi connectivity index (χ1) is 7.59. The van der Waals surface area contributed by atoms with Crippen molar-refractivity contribution in [2.75, 3.05) is 0 Å². The molecule has 0 unspecified atom stereocenters. The zero-order chi connectivity index (χ0) is 12.0. The van der Waals surface area contributed by atoms with Gasteiger partial charge in [0, 0.05) is 0 Å². The fraction of sp³-hybridized carbons (Fsp3) is 0.273. The smallest absolute Gasteiger partial charge is 0.408 e. The van der Waals surface area contributed by atoms with Crippen molar-refractivity contribution >= 4 is 22.9 Å². The predicted octanol–water partition coefficient (Wildman–Crippen LogP) is 2.07. The molecule has 0 radical (unpaired) electrons. The van der Waals surface area contributed by atoms with E-state index in [1.165, 1.54) is 6.92 Å². The molecule has 0 saturated heterocycles. The van der Waals surface area contributed by atoms with Gasteiger partial charge >= 0.3 is 6.09 Å². The molecular formula is C11H12ClNO3. The highest BCUT2D eigenvalue weighted by Gasteiger charge is 2.13. The second-order valence-corrected chi connectivity index (χ2v) is 3.60. The summed E-state index contributed by atoms with van der Waals surface area (Å²) in [5.41, 5.74) is 0.877. The molecule has 16 heavy (non-hydrogen) atoms. The molecule has 86 valence electrons. The van der Waals surface area contributed by atoms with Crippen LogP contribution in [0.2, 0.25) is 0 Å². The van der Waals surface area contributed by atoms with Crippen LogP contribution in [0.25, 0.3) is 0 Å². The van der Waals surface area contributed by atoms with E-state index < -0.39 is 17.4 Å². The first-order valence-electron chi connectivity index (χ1n) is 4.76. The van der Waals surface area contributed by atoms with Crippen molar-refractivity contribution in [1.82, 2.24) is 5.32 Å². The van der Waals surface area contributed by atoms with Gasteiger partial charge in [-0.2, -0.15) is 0 Å². The van der Waals surface area contributed by atoms with E-state index in [4.69, 9.17) is 16.3 Å². The van der Waals surface area contributed by atoms with Crippen LogP contribution < -0.4 is 5.32 Å². The third-order valence-electron chi connectivity index (χ3n) is 1.89. The van der Waals surface area contributed by atoms with Crippen molar-refractivity contribution in [3.63, 3.8) is 0 Å². The summed E-state index contributed by atoms with van der Waals surface area (Å²) in [6.07, 6.45) is -0.662. The van der Waals surface area contributed by atoms with Crippen LogP contribution in [-0.2, 0) is 16.1 Å². The molecule has 0 bridgehead atoms. The Hall–Kier alpha value is -1.55. The minimum absolute atomic E-state index is 0.163. The highest BCUT2D eigenvalue weighted by molar-refractivity contribution is 6.64. The summed E-state index contributed by atoms with van der Waals surface area (Å²) < 4.78 is 4.89. The molecule has 0 aromatic heterocycles. The third kappa shape index (κ3) is 4.31. The monoisotopic (exact) mass is 241 g/mol. The lowest BCUT2D eigenvalue weighted by molar-refractivity contribution is -0.113. The number of carbonyl (C=O) groups excluding carboxylic acids is 2. The van der Waals surface area contributed by atoms with E-state index in [9.17, 15) is 9.59 Å². The summed E-state index contributed by atoms with van der Waals surface area (Å²) in [7, 11) is 0. The van der Waals surface area contributed by atoms with Gasteiger partial charge in [0.05, 0.1) is 0 Å². The zero-order valence-electron chi connectivity index (χ0n) is 8.77. The second-order valence-electron chi connectivity index (χ2n) is 3.23. The number of ether oxygens (including phenoxy) is 1. The topological polar surface area (TPSA) is 55.4 Å². The van der Waals surface area contributed by atoms with Gasteiger partial charge in [-0.25, -0.2) is 4.79 Å². The summed E-state index contributed by atoms with van der Waals surface area (Å²) >= 11 is 5.18. The van der Waals surface area contributed by atoms with Crippen molar-refractivity contribution in [2.24, 2.45) is 0 Å². The molecule has 1 atom stereocenters. The number of rotatable bonds is 4. The summed E-state index contributed by atoms with van der Waals surface area (Å²) in [4.78, 5) is 21.8. The summed E-state index contributed by atoms with van der Waals surface area (Å²) in [5.74, 6) is 0. The average molecular weight is 242 g/mol. The lowest BCUT2D eigenvalue weighted by Crippen LogP contribution is -2.36. The predicted molar refractivity (Wildman–Crippen MR) is 60.1 cm³/mol. The standard InChI is InChI=1S/C11H12ClNO3/c1-8(10(12)14)13-11(15)16-7-9-5-3-2-4-6-9/h2-6,8H,7H2,1H3,(H,13,15)/t8-/m0/s1. The number of nitrogens with one attached hydrogen (secondary N) is 1. The molecule has 4 nitrogen and oxygen atoms in total. The fourth-order valence-electron chi connectivity index (χ4n) is 0.998. The molecule has 1 aromatic carbocycles. The van der Waals surface area contributed by atoms with Gasteiger partial charge in [-0.3, -0.25) is 4.79 Å². The maximum atomic E-state index is 11.2. The van der Waals surface area contributed by atoms with E-state index in [0.29, 0.717) is 0 Å². The van der Waals surface area contributed by atoms with Gasteiger partial charge in [0.2, 0.25) is 5.24 Å². The fourth-order valence-corrected chi connectivity index (χ4v) is 1.05. The maximum absolute atomic E-state index is 11.2. The van der Waals surface area contributed by atoms with Crippen LogP contribution in [0.15, 0.2) is 30.3 Å². The quantitative estimate of drug-likeness (QED) is 0.821. The first kappa shape index (κ1) is 12.5. The molecule has 1 aromatic rings. The Kier molecular flexibility index (Phi) is 4.79. The van der Waals surface area contributed by atoms with E-state index in [0.717, 1.165) is 5.56 Å². The van der Waals surface area contributed by atoms with E-state index in [1.807, 2.05) is 30.3 Å². The minimum Gasteiger partial charge on any atom is -0.445 e. The van der Waals surface area contributed by atoms with E-state index in [1.54, 1.807) is 0 Å². The molecule has 5 heteroatoms. The van der Waals surface area contributed by atoms with Gasteiger partial charge in [-0.05, 0) is 24.1 Å². The van der Waals surface area contributed by atoms with Crippen LogP contribution in [0.3, 0.4) is 0 Å². The Morgan fingerprint density at radius 3 is 2.56 bits per heavy atom. The van der Waals surface area contributed by atoms with Crippen LogP contribution in [0.5, 0.6) is 0 Å². The SMILES string of the molecule is C[C@H](NC(=O)OCc1ccccc1)C(=O)Cl. The molecule has 0 aliphatic heterocycles. The van der Waals surface area contributed by atoms with Crippen molar-refractivity contribution < 1.29 is 14.3 Å². The average Bonchev–Trinajstić information content (AvgIpc) is 2.27. The van der Waals surface area contributed by atoms with Gasteiger partial charge in [-0.15, -0.1) is 0 Å². The molecule has 0 aliphatic carbocycles. The molecule has 0 fully saturated rings. The molecule has 1 N–H and O–H groups in total. The highest BCUT2D eigenvalue weighted by Crippen LogP contribution is 2.01. The Bertz CT molecular complexity index is 367. The number of alkyl carbamates (subject to hydrolysis) is 1. The summed E-state index contributed by atoms with van der Waals surface area (Å²) in [6.45, 7) is 1.65. The number of benzene rings is 1. The van der Waals surface area contributed by atoms with Crippen LogP contribution in [0.4, 0.5) is 4.79 Å². The van der Waals surface area contributed by atoms with Crippen LogP contribution in [0, 0.1) is 0 Å². The van der Waals surface area contributed by atoms with E-state index in [2.05, 4.69) is 5.32 Å². The number of amides is 1. The van der Waals surface area contributed by atoms with E-state index in [-0.39, 0.29) is 6.61 Å². The second kappa shape index (κ2) is 6.12. The number of hydrogen-bond acceptors (Lipinski definition) is 3. The number of halogens is 1. The van der Waals surface area contributed by atoms with Crippen LogP contribution in [0.1, 0.15) is 12.5 Å².